The lowest BCUT2D eigenvalue weighted by Crippen LogP contribution is -2.16. The molecule has 1 aromatic heterocycles. The van der Waals surface area contributed by atoms with Crippen molar-refractivity contribution in [1.29, 1.82) is 0 Å². The van der Waals surface area contributed by atoms with Crippen molar-refractivity contribution >= 4 is 11.6 Å². The summed E-state index contributed by atoms with van der Waals surface area (Å²) in [6.07, 6.45) is 0. The van der Waals surface area contributed by atoms with Gasteiger partial charge in [-0.1, -0.05) is 24.3 Å². The van der Waals surface area contributed by atoms with Crippen LogP contribution in [0.4, 0.5) is 14.5 Å². The zero-order chi connectivity index (χ0) is 18.7. The Bertz CT molecular complexity index is 953. The van der Waals surface area contributed by atoms with Crippen LogP contribution >= 0.6 is 0 Å². The number of carbonyl (C=O) groups excluding carboxylic acids is 1. The normalized spacial score (nSPS) is 10.5. The lowest BCUT2D eigenvalue weighted by Gasteiger charge is -2.13. The van der Waals surface area contributed by atoms with Crippen LogP contribution in [-0.4, -0.2) is 15.9 Å². The van der Waals surface area contributed by atoms with Gasteiger partial charge in [-0.05, 0) is 38.1 Å². The molecule has 0 spiro atoms. The molecule has 5 nitrogen and oxygen atoms in total. The van der Waals surface area contributed by atoms with Crippen LogP contribution in [0.1, 0.15) is 21.7 Å². The SMILES string of the molecule is Cc1nc(Oc2ccccc2F)nc(C)c1NC(=O)c1ccccc1F. The fourth-order valence-corrected chi connectivity index (χ4v) is 2.36. The Balaban J connectivity index is 1.85. The standard InChI is InChI=1S/C19H15F2N3O2/c1-11-17(24-18(25)13-7-3-4-8-14(13)20)12(2)23-19(22-11)26-16-10-6-5-9-15(16)21/h3-10H,1-2H3,(H,24,25). The molecule has 0 aliphatic carbocycles. The Morgan fingerprint density at radius 1 is 0.923 bits per heavy atom. The van der Waals surface area contributed by atoms with Gasteiger partial charge in [0.2, 0.25) is 0 Å². The van der Waals surface area contributed by atoms with Gasteiger partial charge in [0.15, 0.2) is 11.6 Å². The molecule has 0 fully saturated rings. The molecular formula is C19H15F2N3O2. The number of ether oxygens (including phenoxy) is 1. The minimum absolute atomic E-state index is 0.00515. The van der Waals surface area contributed by atoms with Crippen LogP contribution in [-0.2, 0) is 0 Å². The average Bonchev–Trinajstić information content (AvgIpc) is 2.60. The second-order valence-electron chi connectivity index (χ2n) is 5.52. The topological polar surface area (TPSA) is 64.1 Å². The maximum atomic E-state index is 13.7. The number of halogens is 2. The molecule has 0 radical (unpaired) electrons. The van der Waals surface area contributed by atoms with Crippen LogP contribution in [0.25, 0.3) is 0 Å². The van der Waals surface area contributed by atoms with Crippen molar-refractivity contribution in [2.45, 2.75) is 13.8 Å². The fourth-order valence-electron chi connectivity index (χ4n) is 2.36. The van der Waals surface area contributed by atoms with Crippen molar-refractivity contribution in [1.82, 2.24) is 9.97 Å². The van der Waals surface area contributed by atoms with Gasteiger partial charge in [0.1, 0.15) is 5.82 Å². The molecule has 26 heavy (non-hydrogen) atoms. The van der Waals surface area contributed by atoms with Gasteiger partial charge < -0.3 is 10.1 Å². The van der Waals surface area contributed by atoms with E-state index < -0.39 is 17.5 Å². The first-order chi connectivity index (χ1) is 12.5. The highest BCUT2D eigenvalue weighted by molar-refractivity contribution is 6.05. The van der Waals surface area contributed by atoms with Crippen molar-refractivity contribution in [3.63, 3.8) is 0 Å². The van der Waals surface area contributed by atoms with E-state index in [1.165, 1.54) is 30.3 Å². The van der Waals surface area contributed by atoms with Crippen LogP contribution in [0.2, 0.25) is 0 Å². The Kier molecular flexibility index (Phi) is 4.88. The van der Waals surface area contributed by atoms with Gasteiger partial charge in [-0.25, -0.2) is 8.78 Å². The van der Waals surface area contributed by atoms with Crippen LogP contribution < -0.4 is 10.1 Å². The van der Waals surface area contributed by atoms with Crippen LogP contribution in [0.15, 0.2) is 48.5 Å². The molecule has 1 N–H and O–H groups in total. The molecule has 0 unspecified atom stereocenters. The maximum Gasteiger partial charge on any atom is 0.322 e. The zero-order valence-electron chi connectivity index (χ0n) is 14.1. The molecule has 0 aliphatic rings. The number of hydrogen-bond acceptors (Lipinski definition) is 4. The highest BCUT2D eigenvalue weighted by Crippen LogP contribution is 2.25. The van der Waals surface area contributed by atoms with Gasteiger partial charge in [-0.15, -0.1) is 0 Å². The van der Waals surface area contributed by atoms with Crippen molar-refractivity contribution in [3.8, 4) is 11.8 Å². The van der Waals surface area contributed by atoms with Crippen molar-refractivity contribution in [2.24, 2.45) is 0 Å². The van der Waals surface area contributed by atoms with E-state index in [1.54, 1.807) is 32.0 Å². The molecule has 0 bridgehead atoms. The molecule has 0 saturated heterocycles. The van der Waals surface area contributed by atoms with E-state index >= 15 is 0 Å². The summed E-state index contributed by atoms with van der Waals surface area (Å²) in [6, 6.07) is 11.5. The van der Waals surface area contributed by atoms with E-state index in [4.69, 9.17) is 4.74 Å². The van der Waals surface area contributed by atoms with E-state index in [0.717, 1.165) is 0 Å². The van der Waals surface area contributed by atoms with Gasteiger partial charge >= 0.3 is 6.01 Å². The molecular weight excluding hydrogens is 340 g/mol. The minimum Gasteiger partial charge on any atom is -0.421 e. The molecule has 7 heteroatoms. The predicted octanol–water partition coefficient (Wildman–Crippen LogP) is 4.42. The Labute approximate surface area is 148 Å². The number of hydrogen-bond donors (Lipinski definition) is 1. The summed E-state index contributed by atoms with van der Waals surface area (Å²) in [6.45, 7) is 3.28. The molecule has 0 saturated carbocycles. The second-order valence-corrected chi connectivity index (χ2v) is 5.52. The number of rotatable bonds is 4. The van der Waals surface area contributed by atoms with E-state index in [1.807, 2.05) is 0 Å². The highest BCUT2D eigenvalue weighted by Gasteiger charge is 2.16. The van der Waals surface area contributed by atoms with E-state index in [0.29, 0.717) is 17.1 Å². The molecule has 3 aromatic rings. The summed E-state index contributed by atoms with van der Waals surface area (Å²) in [7, 11) is 0. The average molecular weight is 355 g/mol. The van der Waals surface area contributed by atoms with Crippen LogP contribution in [0, 0.1) is 25.5 Å². The molecule has 2 aromatic carbocycles. The smallest absolute Gasteiger partial charge is 0.322 e. The highest BCUT2D eigenvalue weighted by atomic mass is 19.1. The third-order valence-electron chi connectivity index (χ3n) is 3.65. The van der Waals surface area contributed by atoms with E-state index in [-0.39, 0.29) is 17.3 Å². The second kappa shape index (κ2) is 7.26. The third-order valence-corrected chi connectivity index (χ3v) is 3.65. The van der Waals surface area contributed by atoms with Crippen molar-refractivity contribution < 1.29 is 18.3 Å². The summed E-state index contributed by atoms with van der Waals surface area (Å²) in [5, 5.41) is 2.60. The zero-order valence-corrected chi connectivity index (χ0v) is 14.1. The van der Waals surface area contributed by atoms with Gasteiger partial charge in [-0.3, -0.25) is 4.79 Å². The lowest BCUT2D eigenvalue weighted by molar-refractivity contribution is 0.102. The Morgan fingerprint density at radius 3 is 2.12 bits per heavy atom. The van der Waals surface area contributed by atoms with Gasteiger partial charge in [0, 0.05) is 0 Å². The minimum atomic E-state index is -0.624. The number of amides is 1. The molecule has 1 amide bonds. The summed E-state index contributed by atoms with van der Waals surface area (Å²) in [4.78, 5) is 20.5. The quantitative estimate of drug-likeness (QED) is 0.753. The number of benzene rings is 2. The first-order valence-corrected chi connectivity index (χ1v) is 7.79. The third kappa shape index (κ3) is 3.66. The number of carbonyl (C=O) groups is 1. The summed E-state index contributed by atoms with van der Waals surface area (Å²) in [5.41, 5.74) is 1.08. The number of para-hydroxylation sites is 1. The summed E-state index contributed by atoms with van der Waals surface area (Å²) >= 11 is 0. The maximum absolute atomic E-state index is 13.7. The van der Waals surface area contributed by atoms with E-state index in [9.17, 15) is 13.6 Å². The molecule has 3 rings (SSSR count). The van der Waals surface area contributed by atoms with E-state index in [2.05, 4.69) is 15.3 Å². The van der Waals surface area contributed by atoms with Crippen molar-refractivity contribution in [2.75, 3.05) is 5.32 Å². The van der Waals surface area contributed by atoms with Gasteiger partial charge in [-0.2, -0.15) is 9.97 Å². The number of anilines is 1. The number of nitrogens with one attached hydrogen (secondary N) is 1. The molecule has 132 valence electrons. The summed E-state index contributed by atoms with van der Waals surface area (Å²) in [5.74, 6) is -1.78. The summed E-state index contributed by atoms with van der Waals surface area (Å²) < 4.78 is 32.8. The van der Waals surface area contributed by atoms with Crippen LogP contribution in [0.5, 0.6) is 11.8 Å². The number of nitrogens with zero attached hydrogens (tertiary/aromatic N) is 2. The largest absolute Gasteiger partial charge is 0.421 e. The number of aromatic nitrogens is 2. The van der Waals surface area contributed by atoms with Crippen molar-refractivity contribution in [3.05, 3.63) is 77.1 Å². The molecule has 0 aliphatic heterocycles. The van der Waals surface area contributed by atoms with Crippen LogP contribution in [0.3, 0.4) is 0 Å². The Morgan fingerprint density at radius 2 is 1.50 bits per heavy atom. The van der Waals surface area contributed by atoms with Gasteiger partial charge in [0.05, 0.1) is 22.6 Å². The molecule has 1 heterocycles. The predicted molar refractivity (Wildman–Crippen MR) is 92.3 cm³/mol. The first-order valence-electron chi connectivity index (χ1n) is 7.79. The number of aryl methyl sites for hydroxylation is 2. The fraction of sp³-hybridized carbons (Fsp3) is 0.105. The Hall–Kier alpha value is -3.35. The van der Waals surface area contributed by atoms with Gasteiger partial charge in [0.25, 0.3) is 5.91 Å². The molecule has 0 atom stereocenters. The first kappa shape index (κ1) is 17.5. The lowest BCUT2D eigenvalue weighted by atomic mass is 10.2. The monoisotopic (exact) mass is 355 g/mol.